The van der Waals surface area contributed by atoms with Crippen LogP contribution < -0.4 is 0 Å². The lowest BCUT2D eigenvalue weighted by molar-refractivity contribution is -0.141. The van der Waals surface area contributed by atoms with Gasteiger partial charge in [0.05, 0.1) is 11.4 Å². The number of hydrogen-bond acceptors (Lipinski definition) is 2. The van der Waals surface area contributed by atoms with Crippen molar-refractivity contribution in [2.75, 3.05) is 0 Å². The van der Waals surface area contributed by atoms with Gasteiger partial charge in [-0.25, -0.2) is 4.98 Å². The minimum Gasteiger partial charge on any atom is -0.276 e. The molecule has 0 saturated carbocycles. The third-order valence-electron chi connectivity index (χ3n) is 1.82. The lowest BCUT2D eigenvalue weighted by Gasteiger charge is -2.06. The van der Waals surface area contributed by atoms with Gasteiger partial charge in [-0.05, 0) is 18.2 Å². The van der Waals surface area contributed by atoms with Gasteiger partial charge in [-0.3, -0.25) is 5.10 Å². The van der Waals surface area contributed by atoms with Crippen LogP contribution >= 0.6 is 0 Å². The summed E-state index contributed by atoms with van der Waals surface area (Å²) in [5.41, 5.74) is -0.224. The van der Waals surface area contributed by atoms with Crippen molar-refractivity contribution >= 4 is 0 Å². The molecular weight excluding hydrogens is 207 g/mol. The highest BCUT2D eigenvalue weighted by atomic mass is 19.4. The van der Waals surface area contributed by atoms with E-state index >= 15 is 0 Å². The first kappa shape index (κ1) is 9.70. The Kier molecular flexibility index (Phi) is 2.18. The van der Waals surface area contributed by atoms with E-state index in [9.17, 15) is 13.2 Å². The molecule has 0 atom stereocenters. The van der Waals surface area contributed by atoms with Crippen molar-refractivity contribution in [2.45, 2.75) is 6.18 Å². The Morgan fingerprint density at radius 2 is 1.93 bits per heavy atom. The Labute approximate surface area is 83.0 Å². The summed E-state index contributed by atoms with van der Waals surface area (Å²) in [7, 11) is 0. The van der Waals surface area contributed by atoms with Crippen LogP contribution in [0.1, 0.15) is 5.69 Å². The van der Waals surface area contributed by atoms with E-state index in [4.69, 9.17) is 0 Å². The molecule has 1 N–H and O–H groups in total. The number of pyridine rings is 1. The molecule has 2 aromatic heterocycles. The fraction of sp³-hybridized carbons (Fsp3) is 0.111. The third-order valence-corrected chi connectivity index (χ3v) is 1.82. The van der Waals surface area contributed by atoms with Gasteiger partial charge in [-0.1, -0.05) is 6.07 Å². The maximum atomic E-state index is 12.3. The van der Waals surface area contributed by atoms with Crippen LogP contribution in [0, 0.1) is 0 Å². The predicted molar refractivity (Wildman–Crippen MR) is 46.8 cm³/mol. The van der Waals surface area contributed by atoms with E-state index in [1.54, 1.807) is 6.07 Å². The van der Waals surface area contributed by atoms with Crippen LogP contribution in [0.15, 0.2) is 30.5 Å². The quantitative estimate of drug-likeness (QED) is 0.790. The standard InChI is InChI=1S/C9H6F3N3/c10-9(11,12)8-3-1-2-6(14-8)7-4-5-13-15-7/h1-5H,(H,13,15). The molecule has 2 rings (SSSR count). The molecule has 0 bridgehead atoms. The van der Waals surface area contributed by atoms with Gasteiger partial charge in [0, 0.05) is 6.20 Å². The average molecular weight is 213 g/mol. The molecule has 0 aliphatic carbocycles. The van der Waals surface area contributed by atoms with Crippen molar-refractivity contribution in [3.63, 3.8) is 0 Å². The number of halogens is 3. The third kappa shape index (κ3) is 1.98. The molecule has 0 aromatic carbocycles. The maximum Gasteiger partial charge on any atom is 0.433 e. The summed E-state index contributed by atoms with van der Waals surface area (Å²) in [6.07, 6.45) is -2.96. The van der Waals surface area contributed by atoms with Gasteiger partial charge in [0.1, 0.15) is 5.69 Å². The topological polar surface area (TPSA) is 41.6 Å². The van der Waals surface area contributed by atoms with Gasteiger partial charge in [0.2, 0.25) is 0 Å². The Balaban J connectivity index is 2.44. The van der Waals surface area contributed by atoms with E-state index in [1.807, 2.05) is 0 Å². The van der Waals surface area contributed by atoms with Gasteiger partial charge >= 0.3 is 6.18 Å². The predicted octanol–water partition coefficient (Wildman–Crippen LogP) is 2.49. The fourth-order valence-electron chi connectivity index (χ4n) is 1.14. The molecule has 0 fully saturated rings. The summed E-state index contributed by atoms with van der Waals surface area (Å²) in [4.78, 5) is 3.49. The van der Waals surface area contributed by atoms with Gasteiger partial charge in [-0.2, -0.15) is 18.3 Å². The Morgan fingerprint density at radius 1 is 1.13 bits per heavy atom. The summed E-state index contributed by atoms with van der Waals surface area (Å²) in [5, 5.41) is 6.20. The second-order valence-electron chi connectivity index (χ2n) is 2.88. The summed E-state index contributed by atoms with van der Waals surface area (Å²) in [6.45, 7) is 0. The van der Waals surface area contributed by atoms with Crippen LogP contribution in [-0.2, 0) is 6.18 Å². The number of aromatic amines is 1. The zero-order valence-corrected chi connectivity index (χ0v) is 7.42. The molecule has 2 aromatic rings. The minimum atomic E-state index is -4.42. The number of alkyl halides is 3. The highest BCUT2D eigenvalue weighted by molar-refractivity contribution is 5.53. The summed E-state index contributed by atoms with van der Waals surface area (Å²) in [6, 6.07) is 5.29. The molecule has 78 valence electrons. The second kappa shape index (κ2) is 3.38. The van der Waals surface area contributed by atoms with E-state index in [0.717, 1.165) is 6.07 Å². The van der Waals surface area contributed by atoms with Crippen molar-refractivity contribution in [3.05, 3.63) is 36.2 Å². The zero-order valence-electron chi connectivity index (χ0n) is 7.42. The molecular formula is C9H6F3N3. The molecule has 0 unspecified atom stereocenters. The van der Waals surface area contributed by atoms with E-state index in [0.29, 0.717) is 5.69 Å². The second-order valence-corrected chi connectivity index (χ2v) is 2.88. The number of nitrogens with zero attached hydrogens (tertiary/aromatic N) is 2. The fourth-order valence-corrected chi connectivity index (χ4v) is 1.14. The molecule has 0 amide bonds. The number of nitrogens with one attached hydrogen (secondary N) is 1. The molecule has 15 heavy (non-hydrogen) atoms. The SMILES string of the molecule is FC(F)(F)c1cccc(-c2ccn[nH]2)n1. The number of aromatic nitrogens is 3. The molecule has 0 aliphatic heterocycles. The minimum absolute atomic E-state index is 0.224. The smallest absolute Gasteiger partial charge is 0.276 e. The maximum absolute atomic E-state index is 12.3. The molecule has 3 nitrogen and oxygen atoms in total. The molecule has 0 saturated heterocycles. The van der Waals surface area contributed by atoms with Crippen LogP contribution in [0.25, 0.3) is 11.4 Å². The lowest BCUT2D eigenvalue weighted by Crippen LogP contribution is -2.08. The monoisotopic (exact) mass is 213 g/mol. The van der Waals surface area contributed by atoms with Gasteiger partial charge in [0.15, 0.2) is 0 Å². The number of hydrogen-bond donors (Lipinski definition) is 1. The highest BCUT2D eigenvalue weighted by Gasteiger charge is 2.32. The summed E-state index contributed by atoms with van der Waals surface area (Å²) in [5.74, 6) is 0. The first-order chi connectivity index (χ1) is 7.07. The van der Waals surface area contributed by atoms with Crippen molar-refractivity contribution in [3.8, 4) is 11.4 Å². The van der Waals surface area contributed by atoms with Crippen LogP contribution in [0.3, 0.4) is 0 Å². The lowest BCUT2D eigenvalue weighted by atomic mass is 10.2. The largest absolute Gasteiger partial charge is 0.433 e. The molecule has 0 radical (unpaired) electrons. The summed E-state index contributed by atoms with van der Waals surface area (Å²) < 4.78 is 37.0. The molecule has 0 aliphatic rings. The molecule has 6 heteroatoms. The van der Waals surface area contributed by atoms with Gasteiger partial charge in [-0.15, -0.1) is 0 Å². The first-order valence-corrected chi connectivity index (χ1v) is 4.11. The van der Waals surface area contributed by atoms with E-state index in [-0.39, 0.29) is 5.69 Å². The Hall–Kier alpha value is -1.85. The zero-order chi connectivity index (χ0) is 10.9. The van der Waals surface area contributed by atoms with Gasteiger partial charge < -0.3 is 0 Å². The highest BCUT2D eigenvalue weighted by Crippen LogP contribution is 2.28. The van der Waals surface area contributed by atoms with Crippen LogP contribution in [-0.4, -0.2) is 15.2 Å². The van der Waals surface area contributed by atoms with Gasteiger partial charge in [0.25, 0.3) is 0 Å². The average Bonchev–Trinajstić information content (AvgIpc) is 2.69. The van der Waals surface area contributed by atoms with Crippen LogP contribution in [0.2, 0.25) is 0 Å². The van der Waals surface area contributed by atoms with Crippen LogP contribution in [0.4, 0.5) is 13.2 Å². The molecule has 0 spiro atoms. The van der Waals surface area contributed by atoms with E-state index < -0.39 is 11.9 Å². The Morgan fingerprint density at radius 3 is 2.53 bits per heavy atom. The first-order valence-electron chi connectivity index (χ1n) is 4.11. The summed E-state index contributed by atoms with van der Waals surface area (Å²) >= 11 is 0. The van der Waals surface area contributed by atoms with Crippen molar-refractivity contribution in [1.29, 1.82) is 0 Å². The number of rotatable bonds is 1. The Bertz CT molecular complexity index is 448. The van der Waals surface area contributed by atoms with Crippen molar-refractivity contribution in [2.24, 2.45) is 0 Å². The van der Waals surface area contributed by atoms with Crippen LogP contribution in [0.5, 0.6) is 0 Å². The van der Waals surface area contributed by atoms with Crippen molar-refractivity contribution < 1.29 is 13.2 Å². The van der Waals surface area contributed by atoms with E-state index in [1.165, 1.54) is 18.3 Å². The van der Waals surface area contributed by atoms with Crippen molar-refractivity contribution in [1.82, 2.24) is 15.2 Å². The number of H-pyrrole nitrogens is 1. The normalized spacial score (nSPS) is 11.7. The van der Waals surface area contributed by atoms with E-state index in [2.05, 4.69) is 15.2 Å². The molecule has 2 heterocycles.